The second kappa shape index (κ2) is 6.39. The monoisotopic (exact) mass is 284 g/mol. The molecule has 0 amide bonds. The number of nitrogens with zero attached hydrogens (tertiary/aromatic N) is 3. The first-order valence-electron chi connectivity index (χ1n) is 8.03. The minimum atomic E-state index is 0.315. The molecule has 1 aliphatic rings. The molecular weight excluding hydrogens is 260 g/mol. The topological polar surface area (TPSA) is 42.7 Å². The highest BCUT2D eigenvalue weighted by Gasteiger charge is 2.18. The Balaban J connectivity index is 1.84. The largest absolute Gasteiger partial charge is 0.310 e. The second-order valence-electron chi connectivity index (χ2n) is 5.69. The molecule has 21 heavy (non-hydrogen) atoms. The van der Waals surface area contributed by atoms with E-state index in [4.69, 9.17) is 0 Å². The van der Waals surface area contributed by atoms with Crippen LogP contribution in [0.15, 0.2) is 24.5 Å². The molecule has 3 rings (SSSR count). The van der Waals surface area contributed by atoms with Crippen LogP contribution in [0.2, 0.25) is 0 Å². The van der Waals surface area contributed by atoms with Gasteiger partial charge in [0.2, 0.25) is 0 Å². The van der Waals surface area contributed by atoms with E-state index in [0.717, 1.165) is 25.3 Å². The molecule has 1 aromatic carbocycles. The van der Waals surface area contributed by atoms with Gasteiger partial charge >= 0.3 is 0 Å². The summed E-state index contributed by atoms with van der Waals surface area (Å²) in [6.45, 7) is 6.10. The third-order valence-electron chi connectivity index (χ3n) is 4.36. The smallest absolute Gasteiger partial charge is 0.138 e. The summed E-state index contributed by atoms with van der Waals surface area (Å²) in [5.41, 5.74) is 4.45. The molecular formula is C17H24N4. The number of fused-ring (bicyclic) bond motifs is 1. The predicted molar refractivity (Wildman–Crippen MR) is 84.3 cm³/mol. The van der Waals surface area contributed by atoms with Crippen molar-refractivity contribution in [3.8, 4) is 0 Å². The molecule has 4 nitrogen and oxygen atoms in total. The number of nitrogens with one attached hydrogen (secondary N) is 1. The van der Waals surface area contributed by atoms with Crippen LogP contribution in [0.1, 0.15) is 48.8 Å². The van der Waals surface area contributed by atoms with Crippen LogP contribution in [-0.4, -0.2) is 21.3 Å². The lowest BCUT2D eigenvalue weighted by molar-refractivity contribution is 0.509. The van der Waals surface area contributed by atoms with Gasteiger partial charge in [-0.2, -0.15) is 5.10 Å². The number of hydrogen-bond acceptors (Lipinski definition) is 3. The third kappa shape index (κ3) is 3.00. The number of rotatable bonds is 6. The first-order chi connectivity index (χ1) is 10.3. The Labute approximate surface area is 126 Å². The van der Waals surface area contributed by atoms with Gasteiger partial charge in [0.1, 0.15) is 12.2 Å². The van der Waals surface area contributed by atoms with Crippen molar-refractivity contribution < 1.29 is 0 Å². The first kappa shape index (κ1) is 14.3. The molecule has 0 saturated heterocycles. The quantitative estimate of drug-likeness (QED) is 0.887. The lowest BCUT2D eigenvalue weighted by atomic mass is 9.98. The van der Waals surface area contributed by atoms with Crippen molar-refractivity contribution in [1.82, 2.24) is 20.1 Å². The Morgan fingerprint density at radius 3 is 2.90 bits per heavy atom. The van der Waals surface area contributed by atoms with Crippen LogP contribution >= 0.6 is 0 Å². The molecule has 0 radical (unpaired) electrons. The second-order valence-corrected chi connectivity index (χ2v) is 5.69. The molecule has 0 bridgehead atoms. The van der Waals surface area contributed by atoms with Crippen LogP contribution in [0.4, 0.5) is 0 Å². The van der Waals surface area contributed by atoms with Gasteiger partial charge in [0.15, 0.2) is 0 Å². The minimum Gasteiger partial charge on any atom is -0.310 e. The van der Waals surface area contributed by atoms with Gasteiger partial charge in [0, 0.05) is 19.0 Å². The summed E-state index contributed by atoms with van der Waals surface area (Å²) in [5, 5.41) is 7.88. The summed E-state index contributed by atoms with van der Waals surface area (Å²) in [7, 11) is 0. The normalized spacial score (nSPS) is 15.1. The molecule has 4 heteroatoms. The lowest BCUT2D eigenvalue weighted by Gasteiger charge is -2.19. The van der Waals surface area contributed by atoms with E-state index in [1.54, 1.807) is 6.33 Å². The predicted octanol–water partition coefficient (Wildman–Crippen LogP) is 2.68. The van der Waals surface area contributed by atoms with E-state index in [0.29, 0.717) is 6.04 Å². The number of aromatic nitrogens is 3. The van der Waals surface area contributed by atoms with Crippen LogP contribution in [0.25, 0.3) is 0 Å². The average molecular weight is 284 g/mol. The van der Waals surface area contributed by atoms with E-state index >= 15 is 0 Å². The lowest BCUT2D eigenvalue weighted by Crippen LogP contribution is -2.24. The Hall–Kier alpha value is -1.68. The van der Waals surface area contributed by atoms with Gasteiger partial charge in [-0.3, -0.25) is 4.68 Å². The van der Waals surface area contributed by atoms with Crippen molar-refractivity contribution in [3.63, 3.8) is 0 Å². The molecule has 1 heterocycles. The van der Waals surface area contributed by atoms with Gasteiger partial charge in [-0.1, -0.05) is 25.1 Å². The molecule has 0 aliphatic heterocycles. The average Bonchev–Trinajstić information content (AvgIpc) is 3.14. The van der Waals surface area contributed by atoms with E-state index in [-0.39, 0.29) is 0 Å². The Morgan fingerprint density at radius 2 is 2.10 bits per heavy atom. The number of likely N-dealkylation sites (N-methyl/N-ethyl adjacent to an activating group) is 1. The van der Waals surface area contributed by atoms with Crippen LogP contribution in [0.5, 0.6) is 0 Å². The first-order valence-corrected chi connectivity index (χ1v) is 8.03. The van der Waals surface area contributed by atoms with Crippen molar-refractivity contribution in [2.45, 2.75) is 52.1 Å². The van der Waals surface area contributed by atoms with E-state index in [2.05, 4.69) is 47.4 Å². The summed E-state index contributed by atoms with van der Waals surface area (Å²) in [5.74, 6) is 1.06. The van der Waals surface area contributed by atoms with Crippen molar-refractivity contribution >= 4 is 0 Å². The van der Waals surface area contributed by atoms with E-state index in [1.165, 1.54) is 36.0 Å². The summed E-state index contributed by atoms with van der Waals surface area (Å²) < 4.78 is 1.98. The highest BCUT2D eigenvalue weighted by molar-refractivity contribution is 5.36. The standard InChI is InChI=1S/C17H24N4/c1-3-18-16(11-17-19-12-20-21(17)4-2)15-9-8-13-6-5-7-14(13)10-15/h8-10,12,16,18H,3-7,11H2,1-2H3. The van der Waals surface area contributed by atoms with Crippen LogP contribution in [0, 0.1) is 0 Å². The zero-order chi connectivity index (χ0) is 14.7. The maximum Gasteiger partial charge on any atom is 0.138 e. The maximum absolute atomic E-state index is 4.42. The summed E-state index contributed by atoms with van der Waals surface area (Å²) >= 11 is 0. The zero-order valence-electron chi connectivity index (χ0n) is 13.0. The van der Waals surface area contributed by atoms with Crippen LogP contribution in [0.3, 0.4) is 0 Å². The van der Waals surface area contributed by atoms with Crippen molar-refractivity contribution in [3.05, 3.63) is 47.0 Å². The van der Waals surface area contributed by atoms with E-state index < -0.39 is 0 Å². The van der Waals surface area contributed by atoms with Gasteiger partial charge in [-0.05, 0) is 49.4 Å². The number of aryl methyl sites for hydroxylation is 3. The Kier molecular flexibility index (Phi) is 4.34. The summed E-state index contributed by atoms with van der Waals surface area (Å²) in [6, 6.07) is 7.30. The zero-order valence-corrected chi connectivity index (χ0v) is 13.0. The Bertz CT molecular complexity index is 603. The molecule has 1 aliphatic carbocycles. The summed E-state index contributed by atoms with van der Waals surface area (Å²) in [4.78, 5) is 4.42. The van der Waals surface area contributed by atoms with Gasteiger partial charge in [0.05, 0.1) is 0 Å². The molecule has 1 aromatic heterocycles. The van der Waals surface area contributed by atoms with Crippen LogP contribution in [-0.2, 0) is 25.8 Å². The molecule has 0 fully saturated rings. The van der Waals surface area contributed by atoms with Gasteiger partial charge < -0.3 is 5.32 Å². The van der Waals surface area contributed by atoms with E-state index in [1.807, 2.05) is 4.68 Å². The third-order valence-corrected chi connectivity index (χ3v) is 4.36. The van der Waals surface area contributed by atoms with Gasteiger partial charge in [0.25, 0.3) is 0 Å². The van der Waals surface area contributed by atoms with Crippen molar-refractivity contribution in [1.29, 1.82) is 0 Å². The Morgan fingerprint density at radius 1 is 1.24 bits per heavy atom. The van der Waals surface area contributed by atoms with Crippen molar-refractivity contribution in [2.75, 3.05) is 6.54 Å². The molecule has 0 spiro atoms. The summed E-state index contributed by atoms with van der Waals surface area (Å²) in [6.07, 6.45) is 6.32. The fraction of sp³-hybridized carbons (Fsp3) is 0.529. The minimum absolute atomic E-state index is 0.315. The maximum atomic E-state index is 4.42. The fourth-order valence-electron chi connectivity index (χ4n) is 3.26. The molecule has 112 valence electrons. The van der Waals surface area contributed by atoms with Gasteiger partial charge in [-0.15, -0.1) is 0 Å². The number of benzene rings is 1. The highest BCUT2D eigenvalue weighted by Crippen LogP contribution is 2.26. The van der Waals surface area contributed by atoms with E-state index in [9.17, 15) is 0 Å². The van der Waals surface area contributed by atoms with Gasteiger partial charge in [-0.25, -0.2) is 4.98 Å². The van der Waals surface area contributed by atoms with Crippen LogP contribution < -0.4 is 5.32 Å². The molecule has 0 saturated carbocycles. The highest BCUT2D eigenvalue weighted by atomic mass is 15.3. The molecule has 2 aromatic rings. The molecule has 1 N–H and O–H groups in total. The fourth-order valence-corrected chi connectivity index (χ4v) is 3.26. The number of hydrogen-bond donors (Lipinski definition) is 1. The SMILES string of the molecule is CCNC(Cc1ncnn1CC)c1ccc2c(c1)CCC2. The molecule has 1 unspecified atom stereocenters. The van der Waals surface area contributed by atoms with Crippen molar-refractivity contribution in [2.24, 2.45) is 0 Å². The molecule has 1 atom stereocenters.